The molecule has 1 amide bonds. The molecular formula is C22H19F4N5O. The Morgan fingerprint density at radius 2 is 1.84 bits per heavy atom. The van der Waals surface area contributed by atoms with Gasteiger partial charge >= 0.3 is 6.18 Å². The summed E-state index contributed by atoms with van der Waals surface area (Å²) in [6, 6.07) is 6.78. The minimum atomic E-state index is -4.50. The number of aromatic nitrogens is 3. The summed E-state index contributed by atoms with van der Waals surface area (Å²) < 4.78 is 54.0. The number of aryl methyl sites for hydroxylation is 1. The van der Waals surface area contributed by atoms with Gasteiger partial charge in [-0.15, -0.1) is 0 Å². The predicted molar refractivity (Wildman–Crippen MR) is 110 cm³/mol. The zero-order chi connectivity index (χ0) is 22.9. The Hall–Kier alpha value is -3.56. The molecule has 1 N–H and O–H groups in total. The lowest BCUT2D eigenvalue weighted by atomic mass is 10.1. The third kappa shape index (κ3) is 4.39. The molecule has 3 heterocycles. The number of nitrogens with one attached hydrogen (secondary N) is 1. The Balaban J connectivity index is 1.60. The summed E-state index contributed by atoms with van der Waals surface area (Å²) in [6.45, 7) is 1.81. The van der Waals surface area contributed by atoms with Crippen molar-refractivity contribution in [1.82, 2.24) is 15.0 Å². The first-order valence-corrected chi connectivity index (χ1v) is 9.89. The molecule has 0 aliphatic carbocycles. The van der Waals surface area contributed by atoms with Crippen molar-refractivity contribution in [3.8, 4) is 11.4 Å². The van der Waals surface area contributed by atoms with E-state index >= 15 is 0 Å². The fourth-order valence-electron chi connectivity index (χ4n) is 3.83. The fourth-order valence-corrected chi connectivity index (χ4v) is 3.83. The van der Waals surface area contributed by atoms with E-state index in [9.17, 15) is 22.4 Å². The summed E-state index contributed by atoms with van der Waals surface area (Å²) in [6.07, 6.45) is -1.21. The molecule has 1 aliphatic heterocycles. The average Bonchev–Trinajstić information content (AvgIpc) is 3.22. The van der Waals surface area contributed by atoms with Crippen LogP contribution >= 0.6 is 0 Å². The standard InChI is InChI=1S/C22H19F4N5O/c1-13-5-6-15(10-16(13)20-28-11-14(23)12-29-20)30-21(32)17-7-8-18(22(24,25)26)31(17)19-4-2-3-9-27-19/h2-6,9-12,17-18H,7-8H2,1H3,(H,30,32)/t17-,18+/m1/s1. The highest BCUT2D eigenvalue weighted by atomic mass is 19.4. The van der Waals surface area contributed by atoms with Crippen LogP contribution in [-0.4, -0.2) is 39.1 Å². The van der Waals surface area contributed by atoms with Crippen molar-refractivity contribution >= 4 is 17.4 Å². The molecule has 1 aromatic carbocycles. The molecule has 1 saturated heterocycles. The number of hydrogen-bond donors (Lipinski definition) is 1. The van der Waals surface area contributed by atoms with Gasteiger partial charge in [0.2, 0.25) is 5.91 Å². The van der Waals surface area contributed by atoms with Crippen molar-refractivity contribution in [2.75, 3.05) is 10.2 Å². The van der Waals surface area contributed by atoms with Crippen LogP contribution in [0.5, 0.6) is 0 Å². The minimum Gasteiger partial charge on any atom is -0.332 e. The number of alkyl halides is 3. The maximum absolute atomic E-state index is 13.6. The fraction of sp³-hybridized carbons (Fsp3) is 0.273. The number of benzene rings is 1. The lowest BCUT2D eigenvalue weighted by Gasteiger charge is -2.31. The maximum atomic E-state index is 13.6. The molecule has 2 atom stereocenters. The van der Waals surface area contributed by atoms with Gasteiger partial charge in [-0.2, -0.15) is 13.2 Å². The van der Waals surface area contributed by atoms with Crippen molar-refractivity contribution in [2.45, 2.75) is 38.0 Å². The van der Waals surface area contributed by atoms with Gasteiger partial charge in [-0.1, -0.05) is 12.1 Å². The molecular weight excluding hydrogens is 426 g/mol. The van der Waals surface area contributed by atoms with Crippen LogP contribution in [0.25, 0.3) is 11.4 Å². The van der Waals surface area contributed by atoms with Gasteiger partial charge in [-0.3, -0.25) is 4.79 Å². The van der Waals surface area contributed by atoms with E-state index in [1.54, 1.807) is 37.3 Å². The molecule has 4 rings (SSSR count). The summed E-state index contributed by atoms with van der Waals surface area (Å²) in [4.78, 5) is 26.0. The van der Waals surface area contributed by atoms with Gasteiger partial charge in [0.05, 0.1) is 12.4 Å². The summed E-state index contributed by atoms with van der Waals surface area (Å²) in [5.41, 5.74) is 1.74. The summed E-state index contributed by atoms with van der Waals surface area (Å²) in [5.74, 6) is -0.784. The van der Waals surface area contributed by atoms with Gasteiger partial charge in [0.25, 0.3) is 0 Å². The molecule has 2 aromatic heterocycles. The molecule has 10 heteroatoms. The topological polar surface area (TPSA) is 71.0 Å². The van der Waals surface area contributed by atoms with Crippen LogP contribution in [0.3, 0.4) is 0 Å². The number of amides is 1. The van der Waals surface area contributed by atoms with Crippen LogP contribution in [0.2, 0.25) is 0 Å². The Morgan fingerprint density at radius 3 is 2.50 bits per heavy atom. The number of hydrogen-bond acceptors (Lipinski definition) is 5. The molecule has 0 radical (unpaired) electrons. The number of pyridine rings is 1. The number of carbonyl (C=O) groups excluding carboxylic acids is 1. The predicted octanol–water partition coefficient (Wildman–Crippen LogP) is 4.52. The SMILES string of the molecule is Cc1ccc(NC(=O)[C@H]2CC[C@@H](C(F)(F)F)N2c2ccccn2)cc1-c1ncc(F)cn1. The van der Waals surface area contributed by atoms with E-state index < -0.39 is 30.0 Å². The van der Waals surface area contributed by atoms with Crippen LogP contribution in [0.4, 0.5) is 29.1 Å². The molecule has 0 bridgehead atoms. The summed E-state index contributed by atoms with van der Waals surface area (Å²) in [7, 11) is 0. The molecule has 3 aromatic rings. The Bertz CT molecular complexity index is 1110. The van der Waals surface area contributed by atoms with E-state index in [-0.39, 0.29) is 24.5 Å². The second-order valence-corrected chi connectivity index (χ2v) is 7.49. The molecule has 6 nitrogen and oxygen atoms in total. The largest absolute Gasteiger partial charge is 0.408 e. The highest BCUT2D eigenvalue weighted by molar-refractivity contribution is 5.97. The average molecular weight is 445 g/mol. The van der Waals surface area contributed by atoms with E-state index in [0.717, 1.165) is 22.9 Å². The van der Waals surface area contributed by atoms with Crippen LogP contribution < -0.4 is 10.2 Å². The van der Waals surface area contributed by atoms with E-state index in [0.29, 0.717) is 11.3 Å². The van der Waals surface area contributed by atoms with E-state index in [1.807, 2.05) is 0 Å². The van der Waals surface area contributed by atoms with Crippen LogP contribution in [-0.2, 0) is 4.79 Å². The zero-order valence-corrected chi connectivity index (χ0v) is 17.0. The lowest BCUT2D eigenvalue weighted by molar-refractivity contribution is -0.146. The molecule has 166 valence electrons. The molecule has 1 aliphatic rings. The first-order chi connectivity index (χ1) is 15.2. The number of rotatable bonds is 4. The van der Waals surface area contributed by atoms with Gasteiger partial charge in [0.15, 0.2) is 11.6 Å². The molecule has 0 spiro atoms. The monoisotopic (exact) mass is 445 g/mol. The lowest BCUT2D eigenvalue weighted by Crippen LogP contribution is -2.49. The molecule has 1 fully saturated rings. The quantitative estimate of drug-likeness (QED) is 0.598. The normalized spacial score (nSPS) is 18.6. The second kappa shape index (κ2) is 8.52. The van der Waals surface area contributed by atoms with Crippen LogP contribution in [0.1, 0.15) is 18.4 Å². The van der Waals surface area contributed by atoms with Crippen molar-refractivity contribution < 1.29 is 22.4 Å². The molecule has 0 saturated carbocycles. The van der Waals surface area contributed by atoms with Crippen molar-refractivity contribution in [3.05, 3.63) is 66.4 Å². The maximum Gasteiger partial charge on any atom is 0.408 e. The van der Waals surface area contributed by atoms with E-state index in [4.69, 9.17) is 0 Å². The summed E-state index contributed by atoms with van der Waals surface area (Å²) >= 11 is 0. The highest BCUT2D eigenvalue weighted by Gasteiger charge is 2.51. The number of anilines is 2. The third-order valence-electron chi connectivity index (χ3n) is 5.35. The first kappa shape index (κ1) is 21.7. The third-order valence-corrected chi connectivity index (χ3v) is 5.35. The molecule has 0 unspecified atom stereocenters. The smallest absolute Gasteiger partial charge is 0.332 e. The van der Waals surface area contributed by atoms with Crippen LogP contribution in [0, 0.1) is 12.7 Å². The van der Waals surface area contributed by atoms with Gasteiger partial charge in [-0.25, -0.2) is 19.3 Å². The number of carbonyl (C=O) groups is 1. The van der Waals surface area contributed by atoms with Gasteiger partial charge < -0.3 is 10.2 Å². The Labute approximate surface area is 181 Å². The van der Waals surface area contributed by atoms with Crippen LogP contribution in [0.15, 0.2) is 55.0 Å². The van der Waals surface area contributed by atoms with Crippen molar-refractivity contribution in [1.29, 1.82) is 0 Å². The first-order valence-electron chi connectivity index (χ1n) is 9.89. The number of nitrogens with zero attached hydrogens (tertiary/aromatic N) is 4. The minimum absolute atomic E-state index is 0.0341. The summed E-state index contributed by atoms with van der Waals surface area (Å²) in [5, 5.41) is 2.70. The Kier molecular flexibility index (Phi) is 5.77. The van der Waals surface area contributed by atoms with E-state index in [1.165, 1.54) is 12.3 Å². The van der Waals surface area contributed by atoms with Crippen molar-refractivity contribution in [3.63, 3.8) is 0 Å². The molecule has 32 heavy (non-hydrogen) atoms. The second-order valence-electron chi connectivity index (χ2n) is 7.49. The number of halogens is 4. The van der Waals surface area contributed by atoms with Gasteiger partial charge in [-0.05, 0) is 49.6 Å². The van der Waals surface area contributed by atoms with Gasteiger partial charge in [0, 0.05) is 17.4 Å². The Morgan fingerprint density at radius 1 is 1.09 bits per heavy atom. The van der Waals surface area contributed by atoms with E-state index in [2.05, 4.69) is 20.3 Å². The highest BCUT2D eigenvalue weighted by Crippen LogP contribution is 2.39. The zero-order valence-electron chi connectivity index (χ0n) is 17.0. The van der Waals surface area contributed by atoms with Crippen molar-refractivity contribution in [2.24, 2.45) is 0 Å². The van der Waals surface area contributed by atoms with Gasteiger partial charge in [0.1, 0.15) is 17.9 Å².